The van der Waals surface area contributed by atoms with E-state index in [9.17, 15) is 0 Å². The van der Waals surface area contributed by atoms with Crippen LogP contribution in [0, 0.1) is 0 Å². The van der Waals surface area contributed by atoms with Crippen LogP contribution in [0.25, 0.3) is 0 Å². The molecule has 4 radical (unpaired) electrons. The number of hydrogen-bond donors (Lipinski definition) is 0. The van der Waals surface area contributed by atoms with Crippen molar-refractivity contribution in [3.63, 3.8) is 0 Å². The zero-order valence-corrected chi connectivity index (χ0v) is 18.9. The molecule has 1 aromatic rings. The second kappa shape index (κ2) is 32.4. The molecule has 0 aliphatic carbocycles. The van der Waals surface area contributed by atoms with Gasteiger partial charge in [-0.2, -0.15) is 5.75 Å². The Bertz CT molecular complexity index is 209. The Morgan fingerprint density at radius 3 is 1.05 bits per heavy atom. The second-order valence-electron chi connectivity index (χ2n) is 4.63. The summed E-state index contributed by atoms with van der Waals surface area (Å²) in [6.45, 7) is 13.1. The molecule has 0 bridgehead atoms. The van der Waals surface area contributed by atoms with Gasteiger partial charge in [-0.1, -0.05) is 116 Å². The van der Waals surface area contributed by atoms with Crippen LogP contribution in [-0.2, 0) is 18.4 Å². The van der Waals surface area contributed by atoms with Gasteiger partial charge in [0.2, 0.25) is 0 Å². The zero-order chi connectivity index (χ0) is 16.1. The quantitative estimate of drug-likeness (QED) is 0.386. The molecule has 0 aliphatic rings. The van der Waals surface area contributed by atoms with E-state index in [0.717, 1.165) is 5.75 Å². The standard InChI is InChI=1S/C7H8S.3C4H10.Sn/c8-6-7-4-2-1-3-5-7;3*1-3-4-2;/h1-5,8H,6H2;3*3-4H2,1-2H3;/p-1. The molecule has 0 unspecified atom stereocenters. The Kier molecular flexibility index (Phi) is 45.3. The summed E-state index contributed by atoms with van der Waals surface area (Å²) in [4.78, 5) is 0. The maximum Gasteiger partial charge on any atom is 0 e. The van der Waals surface area contributed by atoms with Crippen molar-refractivity contribution < 1.29 is 0 Å². The minimum absolute atomic E-state index is 0. The van der Waals surface area contributed by atoms with Gasteiger partial charge >= 0.3 is 0 Å². The van der Waals surface area contributed by atoms with Gasteiger partial charge in [-0.3, -0.25) is 0 Å². The van der Waals surface area contributed by atoms with Crippen LogP contribution in [0.2, 0.25) is 0 Å². The Labute approximate surface area is 157 Å². The molecule has 0 heterocycles. The van der Waals surface area contributed by atoms with Gasteiger partial charge < -0.3 is 12.6 Å². The summed E-state index contributed by atoms with van der Waals surface area (Å²) in [5, 5.41) is 0. The fraction of sp³-hybridized carbons (Fsp3) is 0.684. The number of unbranched alkanes of at least 4 members (excludes halogenated alkanes) is 3. The van der Waals surface area contributed by atoms with Gasteiger partial charge in [0.25, 0.3) is 0 Å². The van der Waals surface area contributed by atoms with Gasteiger partial charge in [-0.25, -0.2) is 0 Å². The van der Waals surface area contributed by atoms with Crippen molar-refractivity contribution in [1.82, 2.24) is 0 Å². The molecule has 0 aromatic heterocycles. The Morgan fingerprint density at radius 1 is 0.619 bits per heavy atom. The second-order valence-corrected chi connectivity index (χ2v) is 4.92. The molecule has 0 saturated heterocycles. The van der Waals surface area contributed by atoms with Gasteiger partial charge in [0.1, 0.15) is 0 Å². The first kappa shape index (κ1) is 29.4. The van der Waals surface area contributed by atoms with Crippen molar-refractivity contribution in [1.29, 1.82) is 0 Å². The summed E-state index contributed by atoms with van der Waals surface area (Å²) >= 11 is 4.82. The van der Waals surface area contributed by atoms with Crippen LogP contribution in [0.15, 0.2) is 30.3 Å². The van der Waals surface area contributed by atoms with Crippen LogP contribution in [0.3, 0.4) is 0 Å². The van der Waals surface area contributed by atoms with E-state index in [-0.39, 0.29) is 23.9 Å². The smallest absolute Gasteiger partial charge is 0 e. The fourth-order valence-electron chi connectivity index (χ4n) is 0.574. The van der Waals surface area contributed by atoms with Crippen LogP contribution >= 0.6 is 0 Å². The average Bonchev–Trinajstić information content (AvgIpc) is 2.56. The molecule has 124 valence electrons. The molecule has 21 heavy (non-hydrogen) atoms. The van der Waals surface area contributed by atoms with Gasteiger partial charge in [0.05, 0.1) is 0 Å². The molecule has 0 atom stereocenters. The van der Waals surface area contributed by atoms with Crippen LogP contribution in [0.1, 0.15) is 85.6 Å². The minimum Gasteiger partial charge on any atom is -0.788 e. The zero-order valence-electron chi connectivity index (χ0n) is 15.2. The van der Waals surface area contributed by atoms with E-state index in [4.69, 9.17) is 12.6 Å². The van der Waals surface area contributed by atoms with Crippen LogP contribution < -0.4 is 0 Å². The first-order chi connectivity index (χ1) is 9.67. The van der Waals surface area contributed by atoms with E-state index in [0.29, 0.717) is 0 Å². The summed E-state index contributed by atoms with van der Waals surface area (Å²) in [5.41, 5.74) is 1.22. The minimum atomic E-state index is 0. The predicted octanol–water partition coefficient (Wildman–Crippen LogP) is 6.77. The van der Waals surface area contributed by atoms with E-state index in [1.165, 1.54) is 44.1 Å². The summed E-state index contributed by atoms with van der Waals surface area (Å²) < 4.78 is 0. The topological polar surface area (TPSA) is 0 Å². The van der Waals surface area contributed by atoms with Gasteiger partial charge in [-0.05, 0) is 0 Å². The largest absolute Gasteiger partial charge is 0.788 e. The van der Waals surface area contributed by atoms with E-state index >= 15 is 0 Å². The van der Waals surface area contributed by atoms with Gasteiger partial charge in [0.15, 0.2) is 0 Å². The van der Waals surface area contributed by atoms with Crippen molar-refractivity contribution in [3.8, 4) is 0 Å². The molecule has 0 nitrogen and oxygen atoms in total. The Balaban J connectivity index is -0.0000000973. The first-order valence-corrected chi connectivity index (χ1v) is 8.87. The third-order valence-corrected chi connectivity index (χ3v) is 2.84. The average molecular weight is 416 g/mol. The normalized spacial score (nSPS) is 7.76. The molecule has 1 rings (SSSR count). The third-order valence-electron chi connectivity index (χ3n) is 2.51. The van der Waals surface area contributed by atoms with Crippen LogP contribution in [0.5, 0.6) is 0 Å². The van der Waals surface area contributed by atoms with Crippen molar-refractivity contribution in [2.45, 2.75) is 85.8 Å². The van der Waals surface area contributed by atoms with Crippen LogP contribution in [-0.4, -0.2) is 23.9 Å². The third kappa shape index (κ3) is 38.5. The Hall–Kier alpha value is 0.369. The van der Waals surface area contributed by atoms with Gasteiger partial charge in [-0.15, -0.1) is 0 Å². The van der Waals surface area contributed by atoms with Crippen molar-refractivity contribution in [2.75, 3.05) is 0 Å². The molecule has 0 spiro atoms. The van der Waals surface area contributed by atoms with E-state index in [2.05, 4.69) is 41.5 Å². The monoisotopic (exact) mass is 417 g/mol. The van der Waals surface area contributed by atoms with Crippen molar-refractivity contribution in [3.05, 3.63) is 35.9 Å². The summed E-state index contributed by atoms with van der Waals surface area (Å²) in [6.07, 6.45) is 7.92. The van der Waals surface area contributed by atoms with Crippen molar-refractivity contribution in [2.24, 2.45) is 0 Å². The van der Waals surface area contributed by atoms with E-state index in [1.807, 2.05) is 30.3 Å². The van der Waals surface area contributed by atoms with E-state index < -0.39 is 0 Å². The number of hydrogen-bond acceptors (Lipinski definition) is 1. The summed E-state index contributed by atoms with van der Waals surface area (Å²) in [5.74, 6) is 0.723. The predicted molar refractivity (Wildman–Crippen MR) is 105 cm³/mol. The van der Waals surface area contributed by atoms with E-state index in [1.54, 1.807) is 0 Å². The molecule has 2 heteroatoms. The molecule has 0 amide bonds. The molecular formula is C19H37SSn-. The van der Waals surface area contributed by atoms with Gasteiger partial charge in [0, 0.05) is 23.9 Å². The maximum atomic E-state index is 4.82. The molecule has 0 fully saturated rings. The summed E-state index contributed by atoms with van der Waals surface area (Å²) in [6, 6.07) is 10.1. The molecule has 0 N–H and O–H groups in total. The molecule has 0 saturated carbocycles. The first-order valence-electron chi connectivity index (χ1n) is 8.30. The SMILES string of the molecule is CCCC.CCCC.CCCC.[S-]Cc1ccccc1.[Sn]. The molecular weight excluding hydrogens is 379 g/mol. The molecule has 1 aromatic carbocycles. The van der Waals surface area contributed by atoms with Crippen molar-refractivity contribution >= 4 is 36.5 Å². The maximum absolute atomic E-state index is 4.82. The number of rotatable bonds is 4. The molecule has 0 aliphatic heterocycles. The van der Waals surface area contributed by atoms with Crippen LogP contribution in [0.4, 0.5) is 0 Å². The summed E-state index contributed by atoms with van der Waals surface area (Å²) in [7, 11) is 0. The fourth-order valence-corrected chi connectivity index (χ4v) is 0.767. The Morgan fingerprint density at radius 2 is 0.905 bits per heavy atom. The number of benzene rings is 1.